The summed E-state index contributed by atoms with van der Waals surface area (Å²) in [7, 11) is -1.73. The molecule has 2 aliphatic rings. The van der Waals surface area contributed by atoms with Crippen molar-refractivity contribution in [2.45, 2.75) is 76.6 Å². The fourth-order valence-corrected chi connectivity index (χ4v) is 3.34. The molecule has 0 bridgehead atoms. The van der Waals surface area contributed by atoms with Crippen molar-refractivity contribution < 1.29 is 9.16 Å². The van der Waals surface area contributed by atoms with Gasteiger partial charge in [0.25, 0.3) is 0 Å². The lowest BCUT2D eigenvalue weighted by molar-refractivity contribution is 0.229. The van der Waals surface area contributed by atoms with E-state index in [4.69, 9.17) is 9.16 Å². The van der Waals surface area contributed by atoms with Gasteiger partial charge in [0.2, 0.25) is 8.32 Å². The molecule has 1 saturated heterocycles. The number of epoxide rings is 1. The molecule has 0 aromatic carbocycles. The Morgan fingerprint density at radius 3 is 2.44 bits per heavy atom. The molecule has 0 aromatic rings. The van der Waals surface area contributed by atoms with E-state index >= 15 is 0 Å². The van der Waals surface area contributed by atoms with Crippen LogP contribution in [0, 0.1) is 0 Å². The standard InChI is InChI=1S/C15H28O2Si/c1-14(2,3)18(4,5)17-13-10-8-6-7-9-11-15(13)12-16-15/h10H,6-9,11-12H2,1-5H3/b13-10+. The van der Waals surface area contributed by atoms with Crippen molar-refractivity contribution in [2.75, 3.05) is 6.61 Å². The lowest BCUT2D eigenvalue weighted by atomic mass is 9.95. The lowest BCUT2D eigenvalue weighted by Crippen LogP contribution is -2.42. The summed E-state index contributed by atoms with van der Waals surface area (Å²) in [5.41, 5.74) is -0.0318. The maximum absolute atomic E-state index is 6.53. The highest BCUT2D eigenvalue weighted by Gasteiger charge is 2.52. The van der Waals surface area contributed by atoms with Crippen LogP contribution in [0.25, 0.3) is 0 Å². The second-order valence-electron chi connectivity index (χ2n) is 7.31. The molecule has 1 atom stereocenters. The van der Waals surface area contributed by atoms with Gasteiger partial charge in [-0.1, -0.05) is 27.2 Å². The number of hydrogen-bond acceptors (Lipinski definition) is 2. The summed E-state index contributed by atoms with van der Waals surface area (Å²) < 4.78 is 12.3. The minimum Gasteiger partial charge on any atom is -0.545 e. The smallest absolute Gasteiger partial charge is 0.250 e. The monoisotopic (exact) mass is 268 g/mol. The minimum absolute atomic E-state index is 0.0318. The molecule has 18 heavy (non-hydrogen) atoms. The molecule has 1 unspecified atom stereocenters. The van der Waals surface area contributed by atoms with E-state index in [0.29, 0.717) is 0 Å². The van der Waals surface area contributed by atoms with E-state index in [2.05, 4.69) is 39.9 Å². The molecule has 3 heteroatoms. The summed E-state index contributed by atoms with van der Waals surface area (Å²) in [5, 5.41) is 0.256. The Morgan fingerprint density at radius 1 is 1.22 bits per heavy atom. The van der Waals surface area contributed by atoms with Gasteiger partial charge in [-0.3, -0.25) is 0 Å². The first-order valence-corrected chi connectivity index (χ1v) is 10.2. The van der Waals surface area contributed by atoms with Gasteiger partial charge in [0.1, 0.15) is 11.4 Å². The van der Waals surface area contributed by atoms with Gasteiger partial charge in [-0.2, -0.15) is 0 Å². The van der Waals surface area contributed by atoms with Crippen LogP contribution in [0.1, 0.15) is 52.9 Å². The molecule has 0 radical (unpaired) electrons. The molecule has 0 N–H and O–H groups in total. The van der Waals surface area contributed by atoms with Crippen LogP contribution in [0.5, 0.6) is 0 Å². The van der Waals surface area contributed by atoms with E-state index in [1.54, 1.807) is 0 Å². The first-order chi connectivity index (χ1) is 8.27. The van der Waals surface area contributed by atoms with E-state index in [1.165, 1.54) is 19.3 Å². The number of rotatable bonds is 2. The minimum atomic E-state index is -1.73. The average molecular weight is 268 g/mol. The summed E-state index contributed by atoms with van der Waals surface area (Å²) in [6.45, 7) is 12.4. The van der Waals surface area contributed by atoms with E-state index in [1.807, 2.05) is 0 Å². The van der Waals surface area contributed by atoms with Gasteiger partial charge in [0, 0.05) is 0 Å². The first-order valence-electron chi connectivity index (χ1n) is 7.31. The van der Waals surface area contributed by atoms with Crippen molar-refractivity contribution in [1.29, 1.82) is 0 Å². The Kier molecular flexibility index (Phi) is 3.67. The predicted molar refractivity (Wildman–Crippen MR) is 78.1 cm³/mol. The summed E-state index contributed by atoms with van der Waals surface area (Å²) >= 11 is 0. The predicted octanol–water partition coefficient (Wildman–Crippen LogP) is 4.63. The summed E-state index contributed by atoms with van der Waals surface area (Å²) in [4.78, 5) is 0. The molecule has 1 heterocycles. The largest absolute Gasteiger partial charge is 0.545 e. The lowest BCUT2D eigenvalue weighted by Gasteiger charge is -2.38. The van der Waals surface area contributed by atoms with Gasteiger partial charge < -0.3 is 9.16 Å². The molecule has 1 aliphatic heterocycles. The molecule has 104 valence electrons. The highest BCUT2D eigenvalue weighted by atomic mass is 28.4. The maximum atomic E-state index is 6.53. The van der Waals surface area contributed by atoms with Crippen LogP contribution >= 0.6 is 0 Å². The normalized spacial score (nSPS) is 32.4. The summed E-state index contributed by atoms with van der Waals surface area (Å²) in [5.74, 6) is 1.16. The van der Waals surface area contributed by atoms with Crippen LogP contribution in [-0.4, -0.2) is 20.5 Å². The van der Waals surface area contributed by atoms with Crippen molar-refractivity contribution in [1.82, 2.24) is 0 Å². The highest BCUT2D eigenvalue weighted by molar-refractivity contribution is 6.74. The van der Waals surface area contributed by atoms with Gasteiger partial charge in [0.05, 0.1) is 6.61 Å². The van der Waals surface area contributed by atoms with Crippen LogP contribution in [0.3, 0.4) is 0 Å². The molecule has 2 rings (SSSR count). The Morgan fingerprint density at radius 2 is 1.89 bits per heavy atom. The van der Waals surface area contributed by atoms with Crippen molar-refractivity contribution >= 4 is 8.32 Å². The third kappa shape index (κ3) is 2.82. The molecule has 1 aliphatic carbocycles. The van der Waals surface area contributed by atoms with Gasteiger partial charge in [-0.25, -0.2) is 0 Å². The fourth-order valence-electron chi connectivity index (χ4n) is 2.21. The van der Waals surface area contributed by atoms with E-state index < -0.39 is 8.32 Å². The highest BCUT2D eigenvalue weighted by Crippen LogP contribution is 2.46. The Labute approximate surface area is 113 Å². The topological polar surface area (TPSA) is 21.8 Å². The Balaban J connectivity index is 2.15. The van der Waals surface area contributed by atoms with Crippen molar-refractivity contribution in [3.05, 3.63) is 11.8 Å². The van der Waals surface area contributed by atoms with Gasteiger partial charge >= 0.3 is 0 Å². The molecule has 0 aromatic heterocycles. The summed E-state index contributed by atoms with van der Waals surface area (Å²) in [6.07, 6.45) is 8.50. The van der Waals surface area contributed by atoms with Crippen molar-refractivity contribution in [3.63, 3.8) is 0 Å². The van der Waals surface area contributed by atoms with E-state index in [9.17, 15) is 0 Å². The van der Waals surface area contributed by atoms with Crippen LogP contribution in [0.4, 0.5) is 0 Å². The quantitative estimate of drug-likeness (QED) is 0.538. The van der Waals surface area contributed by atoms with E-state index in [-0.39, 0.29) is 10.6 Å². The third-order valence-electron chi connectivity index (χ3n) is 4.73. The molecule has 0 amide bonds. The van der Waals surface area contributed by atoms with Crippen LogP contribution in [-0.2, 0) is 9.16 Å². The molecular weight excluding hydrogens is 240 g/mol. The molecule has 1 spiro atoms. The van der Waals surface area contributed by atoms with Gasteiger partial charge in [-0.05, 0) is 49.9 Å². The second-order valence-corrected chi connectivity index (χ2v) is 12.0. The zero-order valence-electron chi connectivity index (χ0n) is 12.6. The number of ether oxygens (including phenoxy) is 1. The van der Waals surface area contributed by atoms with Crippen LogP contribution in [0.15, 0.2) is 11.8 Å². The Bertz CT molecular complexity index is 335. The first kappa shape index (κ1) is 14.1. The molecule has 1 fully saturated rings. The SMILES string of the molecule is CC(C)(C)[Si](C)(C)O/C1=C/CCCCCC12CO2. The van der Waals surface area contributed by atoms with E-state index in [0.717, 1.165) is 25.2 Å². The second kappa shape index (κ2) is 4.68. The zero-order valence-corrected chi connectivity index (χ0v) is 13.6. The van der Waals surface area contributed by atoms with Crippen LogP contribution in [0.2, 0.25) is 18.1 Å². The number of hydrogen-bond donors (Lipinski definition) is 0. The van der Waals surface area contributed by atoms with Gasteiger partial charge in [0.15, 0.2) is 0 Å². The van der Waals surface area contributed by atoms with Gasteiger partial charge in [-0.15, -0.1) is 0 Å². The number of allylic oxidation sites excluding steroid dienone is 1. The fraction of sp³-hybridized carbons (Fsp3) is 0.867. The zero-order chi connectivity index (χ0) is 13.4. The molecule has 2 nitrogen and oxygen atoms in total. The molecular formula is C15H28O2Si. The van der Waals surface area contributed by atoms with Crippen molar-refractivity contribution in [2.24, 2.45) is 0 Å². The Hall–Kier alpha value is -0.283. The third-order valence-corrected chi connectivity index (χ3v) is 9.07. The molecule has 0 saturated carbocycles. The average Bonchev–Trinajstić information content (AvgIpc) is 2.98. The summed E-state index contributed by atoms with van der Waals surface area (Å²) in [6, 6.07) is 0. The maximum Gasteiger partial charge on any atom is 0.250 e. The van der Waals surface area contributed by atoms with Crippen molar-refractivity contribution in [3.8, 4) is 0 Å². The van der Waals surface area contributed by atoms with Crippen LogP contribution < -0.4 is 0 Å².